The van der Waals surface area contributed by atoms with Gasteiger partial charge in [0.05, 0.1) is 25.4 Å². The summed E-state index contributed by atoms with van der Waals surface area (Å²) in [6.07, 6.45) is 4.09. The van der Waals surface area contributed by atoms with E-state index in [1.807, 2.05) is 0 Å². The van der Waals surface area contributed by atoms with Crippen molar-refractivity contribution in [3.05, 3.63) is 0 Å². The standard InChI is InChI=1S/C14H28N2O2/c1-3-7-15-13(11-17-4-2)14-9-16-8-5-6-12(16)10-18-14/h12-15H,3-11H2,1-2H3. The zero-order valence-electron chi connectivity index (χ0n) is 11.9. The molecule has 0 radical (unpaired) electrons. The van der Waals surface area contributed by atoms with Crippen molar-refractivity contribution in [3.63, 3.8) is 0 Å². The molecule has 0 aromatic carbocycles. The molecule has 3 unspecified atom stereocenters. The Kier molecular flexibility index (Phi) is 5.89. The molecule has 0 spiro atoms. The molecule has 2 aliphatic rings. The van der Waals surface area contributed by atoms with E-state index in [2.05, 4.69) is 24.1 Å². The maximum Gasteiger partial charge on any atom is 0.0878 e. The van der Waals surface area contributed by atoms with Crippen molar-refractivity contribution in [2.24, 2.45) is 0 Å². The smallest absolute Gasteiger partial charge is 0.0878 e. The van der Waals surface area contributed by atoms with E-state index in [-0.39, 0.29) is 6.10 Å². The SMILES string of the molecule is CCCNC(COCC)C1CN2CCCC2CO1. The maximum atomic E-state index is 6.06. The van der Waals surface area contributed by atoms with Gasteiger partial charge in [-0.25, -0.2) is 0 Å². The topological polar surface area (TPSA) is 33.7 Å². The quantitative estimate of drug-likeness (QED) is 0.743. The second-order valence-electron chi connectivity index (χ2n) is 5.38. The number of hydrogen-bond acceptors (Lipinski definition) is 4. The summed E-state index contributed by atoms with van der Waals surface area (Å²) in [4.78, 5) is 2.60. The first kappa shape index (κ1) is 14.3. The Labute approximate surface area is 111 Å². The summed E-state index contributed by atoms with van der Waals surface area (Å²) in [7, 11) is 0. The van der Waals surface area contributed by atoms with Gasteiger partial charge in [-0.3, -0.25) is 4.90 Å². The van der Waals surface area contributed by atoms with Crippen molar-refractivity contribution in [2.75, 3.05) is 39.5 Å². The van der Waals surface area contributed by atoms with E-state index < -0.39 is 0 Å². The summed E-state index contributed by atoms with van der Waals surface area (Å²) in [6, 6.07) is 1.02. The summed E-state index contributed by atoms with van der Waals surface area (Å²) in [5, 5.41) is 3.58. The Bertz CT molecular complexity index is 230. The molecule has 4 heteroatoms. The van der Waals surface area contributed by atoms with Crippen LogP contribution in [0.3, 0.4) is 0 Å². The Hall–Kier alpha value is -0.160. The number of rotatable bonds is 7. The first-order chi connectivity index (χ1) is 8.85. The van der Waals surface area contributed by atoms with Crippen LogP contribution in [0.25, 0.3) is 0 Å². The molecule has 2 fully saturated rings. The van der Waals surface area contributed by atoms with Crippen molar-refractivity contribution in [3.8, 4) is 0 Å². The Morgan fingerprint density at radius 2 is 2.33 bits per heavy atom. The summed E-state index contributed by atoms with van der Waals surface area (Å²) >= 11 is 0. The van der Waals surface area contributed by atoms with Crippen LogP contribution in [0.5, 0.6) is 0 Å². The largest absolute Gasteiger partial charge is 0.380 e. The minimum atomic E-state index is 0.289. The monoisotopic (exact) mass is 256 g/mol. The summed E-state index contributed by atoms with van der Waals surface area (Å²) in [6.45, 7) is 10.1. The fourth-order valence-electron chi connectivity index (χ4n) is 2.96. The van der Waals surface area contributed by atoms with Gasteiger partial charge in [0.25, 0.3) is 0 Å². The predicted molar refractivity (Wildman–Crippen MR) is 72.9 cm³/mol. The van der Waals surface area contributed by atoms with E-state index in [0.29, 0.717) is 12.1 Å². The Morgan fingerprint density at radius 3 is 3.11 bits per heavy atom. The van der Waals surface area contributed by atoms with E-state index in [9.17, 15) is 0 Å². The molecule has 0 aliphatic carbocycles. The number of nitrogens with zero attached hydrogens (tertiary/aromatic N) is 1. The van der Waals surface area contributed by atoms with Gasteiger partial charge in [0.1, 0.15) is 0 Å². The van der Waals surface area contributed by atoms with Crippen molar-refractivity contribution in [1.29, 1.82) is 0 Å². The van der Waals surface area contributed by atoms with Gasteiger partial charge in [0.15, 0.2) is 0 Å². The fraction of sp³-hybridized carbons (Fsp3) is 1.00. The van der Waals surface area contributed by atoms with Crippen LogP contribution in [-0.2, 0) is 9.47 Å². The molecule has 2 saturated heterocycles. The molecule has 106 valence electrons. The zero-order chi connectivity index (χ0) is 12.8. The van der Waals surface area contributed by atoms with Crippen LogP contribution in [0, 0.1) is 0 Å². The van der Waals surface area contributed by atoms with E-state index in [1.165, 1.54) is 19.4 Å². The highest BCUT2D eigenvalue weighted by Crippen LogP contribution is 2.23. The Balaban J connectivity index is 1.84. The number of ether oxygens (including phenoxy) is 2. The normalized spacial score (nSPS) is 30.3. The van der Waals surface area contributed by atoms with Crippen LogP contribution in [0.15, 0.2) is 0 Å². The van der Waals surface area contributed by atoms with E-state index in [4.69, 9.17) is 9.47 Å². The zero-order valence-corrected chi connectivity index (χ0v) is 11.9. The average Bonchev–Trinajstić information content (AvgIpc) is 2.86. The molecular weight excluding hydrogens is 228 g/mol. The first-order valence-corrected chi connectivity index (χ1v) is 7.52. The van der Waals surface area contributed by atoms with Gasteiger partial charge in [-0.2, -0.15) is 0 Å². The van der Waals surface area contributed by atoms with Crippen LogP contribution in [0.4, 0.5) is 0 Å². The van der Waals surface area contributed by atoms with Crippen LogP contribution < -0.4 is 5.32 Å². The third-order valence-electron chi connectivity index (χ3n) is 4.02. The molecule has 0 aromatic heterocycles. The highest BCUT2D eigenvalue weighted by atomic mass is 16.5. The van der Waals surface area contributed by atoms with Crippen LogP contribution in [-0.4, -0.2) is 62.5 Å². The third kappa shape index (κ3) is 3.67. The van der Waals surface area contributed by atoms with Crippen LogP contribution in [0.1, 0.15) is 33.1 Å². The lowest BCUT2D eigenvalue weighted by Crippen LogP contribution is -2.55. The molecule has 0 amide bonds. The molecule has 4 nitrogen and oxygen atoms in total. The van der Waals surface area contributed by atoms with Gasteiger partial charge in [-0.1, -0.05) is 6.92 Å². The second-order valence-corrected chi connectivity index (χ2v) is 5.38. The molecule has 18 heavy (non-hydrogen) atoms. The van der Waals surface area contributed by atoms with E-state index in [0.717, 1.165) is 39.3 Å². The summed E-state index contributed by atoms with van der Waals surface area (Å²) < 4.78 is 11.7. The third-order valence-corrected chi connectivity index (χ3v) is 4.02. The first-order valence-electron chi connectivity index (χ1n) is 7.52. The van der Waals surface area contributed by atoms with Gasteiger partial charge in [-0.05, 0) is 39.3 Å². The van der Waals surface area contributed by atoms with Gasteiger partial charge in [-0.15, -0.1) is 0 Å². The highest BCUT2D eigenvalue weighted by Gasteiger charge is 2.35. The molecule has 2 heterocycles. The molecule has 1 N–H and O–H groups in total. The van der Waals surface area contributed by atoms with Crippen molar-refractivity contribution >= 4 is 0 Å². The highest BCUT2D eigenvalue weighted by molar-refractivity contribution is 4.90. The van der Waals surface area contributed by atoms with Gasteiger partial charge in [0, 0.05) is 19.2 Å². The Morgan fingerprint density at radius 1 is 1.44 bits per heavy atom. The lowest BCUT2D eigenvalue weighted by molar-refractivity contribution is -0.0763. The van der Waals surface area contributed by atoms with E-state index >= 15 is 0 Å². The van der Waals surface area contributed by atoms with Gasteiger partial charge >= 0.3 is 0 Å². The van der Waals surface area contributed by atoms with Gasteiger partial charge in [0.2, 0.25) is 0 Å². The molecule has 2 rings (SSSR count). The number of hydrogen-bond donors (Lipinski definition) is 1. The number of fused-ring (bicyclic) bond motifs is 1. The molecule has 0 aromatic rings. The molecule has 3 atom stereocenters. The minimum absolute atomic E-state index is 0.289. The van der Waals surface area contributed by atoms with Crippen molar-refractivity contribution in [1.82, 2.24) is 10.2 Å². The molecule has 0 bridgehead atoms. The molecular formula is C14H28N2O2. The average molecular weight is 256 g/mol. The van der Waals surface area contributed by atoms with Gasteiger partial charge < -0.3 is 14.8 Å². The van der Waals surface area contributed by atoms with Crippen molar-refractivity contribution in [2.45, 2.75) is 51.3 Å². The number of morpholine rings is 1. The van der Waals surface area contributed by atoms with Crippen LogP contribution >= 0.6 is 0 Å². The predicted octanol–water partition coefficient (Wildman–Crippen LogP) is 1.25. The lowest BCUT2D eigenvalue weighted by Gasteiger charge is -2.39. The van der Waals surface area contributed by atoms with Crippen LogP contribution in [0.2, 0.25) is 0 Å². The summed E-state index contributed by atoms with van der Waals surface area (Å²) in [5.74, 6) is 0. The molecule has 2 aliphatic heterocycles. The maximum absolute atomic E-state index is 6.06. The fourth-order valence-corrected chi connectivity index (χ4v) is 2.96. The second kappa shape index (κ2) is 7.43. The van der Waals surface area contributed by atoms with Crippen molar-refractivity contribution < 1.29 is 9.47 Å². The lowest BCUT2D eigenvalue weighted by atomic mass is 10.1. The summed E-state index contributed by atoms with van der Waals surface area (Å²) in [5.41, 5.74) is 0. The molecule has 0 saturated carbocycles. The van der Waals surface area contributed by atoms with E-state index in [1.54, 1.807) is 0 Å². The number of nitrogens with one attached hydrogen (secondary N) is 1. The minimum Gasteiger partial charge on any atom is -0.380 e.